The minimum Gasteiger partial charge on any atom is -0.399 e. The normalized spacial score (nSPS) is 17.6. The van der Waals surface area contributed by atoms with Gasteiger partial charge < -0.3 is 19.6 Å². The third kappa shape index (κ3) is 8.51. The fourth-order valence-electron chi connectivity index (χ4n) is 5.67. The highest BCUT2D eigenvalue weighted by Gasteiger charge is 2.40. The first-order valence-electron chi connectivity index (χ1n) is 14.0. The number of halogens is 8. The fraction of sp³-hybridized carbons (Fsp3) is 0.406. The molecule has 2 unspecified atom stereocenters. The summed E-state index contributed by atoms with van der Waals surface area (Å²) in [4.78, 5) is 7.21. The van der Waals surface area contributed by atoms with E-state index >= 15 is 0 Å². The zero-order chi connectivity index (χ0) is 33.0. The number of ether oxygens (including phenoxy) is 1. The lowest BCUT2D eigenvalue weighted by Gasteiger charge is -2.39. The highest BCUT2D eigenvalue weighted by Crippen LogP contribution is 2.41. The van der Waals surface area contributed by atoms with E-state index in [2.05, 4.69) is 10.1 Å². The number of rotatable bonds is 10. The second kappa shape index (κ2) is 14.3. The molecule has 3 aromatic carbocycles. The molecule has 3 aromatic rings. The van der Waals surface area contributed by atoms with Crippen molar-refractivity contribution in [2.45, 2.75) is 49.2 Å². The molecule has 4 rings (SSSR count). The van der Waals surface area contributed by atoms with E-state index in [0.29, 0.717) is 56.6 Å². The van der Waals surface area contributed by atoms with Crippen molar-refractivity contribution >= 4 is 28.9 Å². The molecule has 1 heterocycles. The molecule has 2 atom stereocenters. The monoisotopic (exact) mass is 676 g/mol. The maximum Gasteiger partial charge on any atom is 0.416 e. The third-order valence-electron chi connectivity index (χ3n) is 8.05. The maximum absolute atomic E-state index is 13.7. The van der Waals surface area contributed by atoms with Crippen LogP contribution in [0.5, 0.6) is 0 Å². The van der Waals surface area contributed by atoms with Gasteiger partial charge in [-0.3, -0.25) is 0 Å². The molecule has 5 nitrogen and oxygen atoms in total. The van der Waals surface area contributed by atoms with Crippen LogP contribution in [0.15, 0.2) is 71.9 Å². The highest BCUT2D eigenvalue weighted by molar-refractivity contribution is 6.42. The standard InChI is InChI=1S/C32H32Cl2F6N2O3/c1-44-29(21-16-23(31(35,36)37)19-24(17-21)32(38,39)40)28(41-45-2)25(20-8-9-26(33)27(34)18-20)10-13-42-14-11-30(43,12-15-42)22-6-4-3-5-7-22/h3-9,16-19,25,29,43H,10-15H2,1-2H3. The highest BCUT2D eigenvalue weighted by atomic mass is 35.5. The number of hydrogen-bond donors (Lipinski definition) is 1. The van der Waals surface area contributed by atoms with Gasteiger partial charge in [-0.25, -0.2) is 0 Å². The van der Waals surface area contributed by atoms with E-state index in [9.17, 15) is 31.4 Å². The van der Waals surface area contributed by atoms with Crippen molar-refractivity contribution in [1.82, 2.24) is 4.90 Å². The molecule has 0 aromatic heterocycles. The number of piperidine rings is 1. The van der Waals surface area contributed by atoms with Crippen LogP contribution in [-0.2, 0) is 27.5 Å². The fourth-order valence-corrected chi connectivity index (χ4v) is 5.97. The molecule has 0 saturated carbocycles. The number of likely N-dealkylation sites (tertiary alicyclic amines) is 1. The third-order valence-corrected chi connectivity index (χ3v) is 8.78. The van der Waals surface area contributed by atoms with Crippen molar-refractivity contribution < 1.29 is 41.0 Å². The van der Waals surface area contributed by atoms with Crippen molar-refractivity contribution in [3.63, 3.8) is 0 Å². The van der Waals surface area contributed by atoms with Gasteiger partial charge in [-0.2, -0.15) is 26.3 Å². The molecular formula is C32H32Cl2F6N2O3. The van der Waals surface area contributed by atoms with Crippen molar-refractivity contribution in [1.29, 1.82) is 0 Å². The van der Waals surface area contributed by atoms with Gasteiger partial charge in [-0.1, -0.05) is 64.8 Å². The van der Waals surface area contributed by atoms with E-state index in [1.54, 1.807) is 18.2 Å². The van der Waals surface area contributed by atoms with Crippen LogP contribution in [0.4, 0.5) is 26.3 Å². The first kappa shape index (κ1) is 35.0. The van der Waals surface area contributed by atoms with E-state index in [1.807, 2.05) is 30.3 Å². The lowest BCUT2D eigenvalue weighted by Crippen LogP contribution is -2.43. The molecular weight excluding hydrogens is 645 g/mol. The van der Waals surface area contributed by atoms with Crippen molar-refractivity contribution in [3.05, 3.63) is 105 Å². The van der Waals surface area contributed by atoms with Crippen molar-refractivity contribution in [2.75, 3.05) is 33.9 Å². The number of hydrogen-bond acceptors (Lipinski definition) is 5. The van der Waals surface area contributed by atoms with Crippen LogP contribution in [0.1, 0.15) is 59.1 Å². The molecule has 13 heteroatoms. The van der Waals surface area contributed by atoms with Crippen LogP contribution in [0.3, 0.4) is 0 Å². The predicted molar refractivity (Wildman–Crippen MR) is 160 cm³/mol. The molecule has 1 N–H and O–H groups in total. The zero-order valence-corrected chi connectivity index (χ0v) is 25.9. The first-order valence-corrected chi connectivity index (χ1v) is 14.8. The number of methoxy groups -OCH3 is 1. The largest absolute Gasteiger partial charge is 0.416 e. The molecule has 1 saturated heterocycles. The van der Waals surface area contributed by atoms with Crippen molar-refractivity contribution in [2.24, 2.45) is 5.16 Å². The number of oxime groups is 1. The lowest BCUT2D eigenvalue weighted by molar-refractivity contribution is -0.143. The predicted octanol–water partition coefficient (Wildman–Crippen LogP) is 8.88. The molecule has 244 valence electrons. The second-order valence-electron chi connectivity index (χ2n) is 10.9. The Morgan fingerprint density at radius 2 is 1.47 bits per heavy atom. The van der Waals surface area contributed by atoms with E-state index < -0.39 is 46.7 Å². The van der Waals surface area contributed by atoms with Crippen molar-refractivity contribution in [3.8, 4) is 0 Å². The minimum absolute atomic E-state index is 0.0450. The second-order valence-corrected chi connectivity index (χ2v) is 11.7. The molecule has 1 fully saturated rings. The summed E-state index contributed by atoms with van der Waals surface area (Å²) in [5, 5.41) is 15.8. The average Bonchev–Trinajstić information content (AvgIpc) is 2.99. The average molecular weight is 678 g/mol. The number of alkyl halides is 6. The Kier molecular flexibility index (Phi) is 11.1. The summed E-state index contributed by atoms with van der Waals surface area (Å²) in [6, 6.07) is 15.5. The number of aliphatic hydroxyl groups is 1. The Hall–Kier alpha value is -2.83. The molecule has 0 radical (unpaired) electrons. The Bertz CT molecular complexity index is 1440. The van der Waals surface area contributed by atoms with Crippen LogP contribution >= 0.6 is 23.2 Å². The Labute approximate surface area is 267 Å². The quantitative estimate of drug-likeness (QED) is 0.132. The molecule has 0 bridgehead atoms. The molecule has 45 heavy (non-hydrogen) atoms. The van der Waals surface area contributed by atoms with E-state index in [4.69, 9.17) is 32.8 Å². The van der Waals surface area contributed by atoms with Crippen LogP contribution in [0, 0.1) is 0 Å². The Morgan fingerprint density at radius 3 is 1.98 bits per heavy atom. The maximum atomic E-state index is 13.7. The van der Waals surface area contributed by atoms with Gasteiger partial charge in [0.1, 0.15) is 13.2 Å². The molecule has 0 amide bonds. The zero-order valence-electron chi connectivity index (χ0n) is 24.4. The van der Waals surface area contributed by atoms with E-state index in [0.717, 1.165) is 5.56 Å². The van der Waals surface area contributed by atoms with Gasteiger partial charge in [0.15, 0.2) is 0 Å². The van der Waals surface area contributed by atoms with Crippen LogP contribution < -0.4 is 0 Å². The molecule has 0 aliphatic carbocycles. The minimum atomic E-state index is -5.05. The topological polar surface area (TPSA) is 54.3 Å². The Morgan fingerprint density at radius 1 is 0.867 bits per heavy atom. The van der Waals surface area contributed by atoms with Gasteiger partial charge in [-0.05, 0) is 72.8 Å². The summed E-state index contributed by atoms with van der Waals surface area (Å²) < 4.78 is 88.0. The first-order chi connectivity index (χ1) is 21.2. The Balaban J connectivity index is 1.69. The smallest absolute Gasteiger partial charge is 0.399 e. The SMILES string of the molecule is CON=C(C(CCN1CCC(O)(c2ccccc2)CC1)c1ccc(Cl)c(Cl)c1)C(OC)c1cc(C(F)(F)F)cc(C(F)(F)F)c1. The van der Waals surface area contributed by atoms with Gasteiger partial charge in [0.25, 0.3) is 0 Å². The summed E-state index contributed by atoms with van der Waals surface area (Å²) in [5.41, 5.74) is -2.90. The number of nitrogens with zero attached hydrogens (tertiary/aromatic N) is 2. The number of benzene rings is 3. The summed E-state index contributed by atoms with van der Waals surface area (Å²) in [7, 11) is 2.39. The molecule has 1 aliphatic heterocycles. The van der Waals surface area contributed by atoms with Gasteiger partial charge in [0.2, 0.25) is 0 Å². The molecule has 0 spiro atoms. The lowest BCUT2D eigenvalue weighted by atomic mass is 9.83. The van der Waals surface area contributed by atoms with Gasteiger partial charge in [0.05, 0.1) is 32.5 Å². The molecule has 1 aliphatic rings. The summed E-state index contributed by atoms with van der Waals surface area (Å²) in [5.74, 6) is -0.719. The van der Waals surface area contributed by atoms with E-state index in [-0.39, 0.29) is 21.8 Å². The van der Waals surface area contributed by atoms with Crippen LogP contribution in [-0.4, -0.2) is 49.6 Å². The van der Waals surface area contributed by atoms with Crippen LogP contribution in [0.25, 0.3) is 0 Å². The van der Waals surface area contributed by atoms with E-state index in [1.165, 1.54) is 14.2 Å². The van der Waals surface area contributed by atoms with Gasteiger partial charge in [0, 0.05) is 26.1 Å². The van der Waals surface area contributed by atoms with Crippen LogP contribution in [0.2, 0.25) is 10.0 Å². The van der Waals surface area contributed by atoms with Gasteiger partial charge in [-0.15, -0.1) is 0 Å². The summed E-state index contributed by atoms with van der Waals surface area (Å²) >= 11 is 12.5. The van der Waals surface area contributed by atoms with Gasteiger partial charge >= 0.3 is 12.4 Å². The summed E-state index contributed by atoms with van der Waals surface area (Å²) in [6.07, 6.45) is -10.3. The summed E-state index contributed by atoms with van der Waals surface area (Å²) in [6.45, 7) is 1.55.